The van der Waals surface area contributed by atoms with Gasteiger partial charge in [-0.25, -0.2) is 0 Å². The van der Waals surface area contributed by atoms with Crippen LogP contribution >= 0.6 is 0 Å². The summed E-state index contributed by atoms with van der Waals surface area (Å²) >= 11 is 0. The molecule has 0 aliphatic carbocycles. The highest BCUT2D eigenvalue weighted by molar-refractivity contribution is 5.15. The summed E-state index contributed by atoms with van der Waals surface area (Å²) in [4.78, 5) is 3.97. The van der Waals surface area contributed by atoms with Gasteiger partial charge in [0.05, 0.1) is 12.8 Å². The van der Waals surface area contributed by atoms with E-state index in [1.165, 1.54) is 0 Å². The lowest BCUT2D eigenvalue weighted by molar-refractivity contribution is 0.126. The summed E-state index contributed by atoms with van der Waals surface area (Å²) < 4.78 is 10.8. The first-order valence-electron chi connectivity index (χ1n) is 5.67. The summed E-state index contributed by atoms with van der Waals surface area (Å²) in [6.45, 7) is 7.05. The maximum Gasteiger partial charge on any atom is 0.137 e. The van der Waals surface area contributed by atoms with Crippen LogP contribution in [0.1, 0.15) is 13.8 Å². The van der Waals surface area contributed by atoms with Gasteiger partial charge >= 0.3 is 0 Å². The number of aromatic nitrogens is 1. The van der Waals surface area contributed by atoms with Crippen LogP contribution in [0.4, 0.5) is 0 Å². The lowest BCUT2D eigenvalue weighted by Crippen LogP contribution is -2.33. The fourth-order valence-corrected chi connectivity index (χ4v) is 1.26. The van der Waals surface area contributed by atoms with E-state index in [-0.39, 0.29) is 0 Å². The summed E-state index contributed by atoms with van der Waals surface area (Å²) in [5, 5.41) is 3.32. The standard InChI is InChI=1S/C12H20N2O2/c1-3-15-10-11(2)14-7-8-16-12-5-4-6-13-9-12/h4-6,9,11,14H,3,7-8,10H2,1-2H3. The summed E-state index contributed by atoms with van der Waals surface area (Å²) in [6, 6.07) is 4.12. The molecule has 1 aromatic rings. The monoisotopic (exact) mass is 224 g/mol. The van der Waals surface area contributed by atoms with Gasteiger partial charge in [-0.1, -0.05) is 0 Å². The van der Waals surface area contributed by atoms with Crippen molar-refractivity contribution in [1.29, 1.82) is 0 Å². The van der Waals surface area contributed by atoms with Crippen molar-refractivity contribution < 1.29 is 9.47 Å². The normalized spacial score (nSPS) is 12.4. The van der Waals surface area contributed by atoms with Crippen LogP contribution in [0.15, 0.2) is 24.5 Å². The maximum absolute atomic E-state index is 5.50. The Kier molecular flexibility index (Phi) is 6.53. The number of ether oxygens (including phenoxy) is 2. The Labute approximate surface area is 97.0 Å². The fourth-order valence-electron chi connectivity index (χ4n) is 1.26. The van der Waals surface area contributed by atoms with Gasteiger partial charge in [0.2, 0.25) is 0 Å². The van der Waals surface area contributed by atoms with Gasteiger partial charge in [-0.2, -0.15) is 0 Å². The van der Waals surface area contributed by atoms with Crippen molar-refractivity contribution in [2.45, 2.75) is 19.9 Å². The summed E-state index contributed by atoms with van der Waals surface area (Å²) in [6.07, 6.45) is 3.44. The van der Waals surface area contributed by atoms with Crippen LogP contribution in [-0.4, -0.2) is 37.4 Å². The first-order chi connectivity index (χ1) is 7.83. The number of pyridine rings is 1. The van der Waals surface area contributed by atoms with Gasteiger partial charge in [0.15, 0.2) is 0 Å². The third-order valence-corrected chi connectivity index (χ3v) is 2.07. The Bertz CT molecular complexity index is 267. The van der Waals surface area contributed by atoms with Crippen molar-refractivity contribution in [3.63, 3.8) is 0 Å². The molecule has 0 saturated heterocycles. The average molecular weight is 224 g/mol. The Hall–Kier alpha value is -1.13. The molecule has 1 atom stereocenters. The molecule has 0 aromatic carbocycles. The zero-order valence-electron chi connectivity index (χ0n) is 9.98. The number of rotatable bonds is 8. The van der Waals surface area contributed by atoms with Crippen molar-refractivity contribution in [3.05, 3.63) is 24.5 Å². The SMILES string of the molecule is CCOCC(C)NCCOc1cccnc1. The molecular weight excluding hydrogens is 204 g/mol. The molecule has 16 heavy (non-hydrogen) atoms. The Morgan fingerprint density at radius 1 is 1.50 bits per heavy atom. The largest absolute Gasteiger partial charge is 0.491 e. The van der Waals surface area contributed by atoms with Crippen LogP contribution in [0.2, 0.25) is 0 Å². The van der Waals surface area contributed by atoms with Crippen LogP contribution in [0, 0.1) is 0 Å². The van der Waals surface area contributed by atoms with E-state index in [0.29, 0.717) is 12.6 Å². The van der Waals surface area contributed by atoms with Gasteiger partial charge in [-0.15, -0.1) is 0 Å². The maximum atomic E-state index is 5.50. The van der Waals surface area contributed by atoms with E-state index >= 15 is 0 Å². The molecule has 0 amide bonds. The molecule has 0 spiro atoms. The second kappa shape index (κ2) is 8.07. The van der Waals surface area contributed by atoms with Crippen molar-refractivity contribution in [1.82, 2.24) is 10.3 Å². The third kappa shape index (κ3) is 5.68. The molecule has 1 aromatic heterocycles. The molecule has 0 radical (unpaired) electrons. The molecule has 0 saturated carbocycles. The molecule has 90 valence electrons. The first-order valence-corrected chi connectivity index (χ1v) is 5.67. The molecule has 0 bridgehead atoms. The van der Waals surface area contributed by atoms with Gasteiger partial charge in [-0.3, -0.25) is 4.98 Å². The topological polar surface area (TPSA) is 43.4 Å². The van der Waals surface area contributed by atoms with E-state index in [1.54, 1.807) is 12.4 Å². The zero-order chi connectivity index (χ0) is 11.6. The molecular formula is C12H20N2O2. The van der Waals surface area contributed by atoms with Crippen molar-refractivity contribution in [2.24, 2.45) is 0 Å². The van der Waals surface area contributed by atoms with Crippen molar-refractivity contribution >= 4 is 0 Å². The molecule has 0 aliphatic rings. The van der Waals surface area contributed by atoms with Crippen LogP contribution in [-0.2, 0) is 4.74 Å². The predicted molar refractivity (Wildman–Crippen MR) is 63.7 cm³/mol. The van der Waals surface area contributed by atoms with Gasteiger partial charge in [0.25, 0.3) is 0 Å². The van der Waals surface area contributed by atoms with Crippen LogP contribution < -0.4 is 10.1 Å². The lowest BCUT2D eigenvalue weighted by Gasteiger charge is -2.13. The van der Waals surface area contributed by atoms with Crippen LogP contribution in [0.3, 0.4) is 0 Å². The van der Waals surface area contributed by atoms with Gasteiger partial charge in [-0.05, 0) is 26.0 Å². The van der Waals surface area contributed by atoms with Gasteiger partial charge in [0, 0.05) is 25.4 Å². The minimum Gasteiger partial charge on any atom is -0.491 e. The second-order valence-corrected chi connectivity index (χ2v) is 3.55. The molecule has 1 unspecified atom stereocenters. The molecule has 1 heterocycles. The fraction of sp³-hybridized carbons (Fsp3) is 0.583. The van der Waals surface area contributed by atoms with Gasteiger partial charge in [0.1, 0.15) is 12.4 Å². The minimum absolute atomic E-state index is 0.359. The minimum atomic E-state index is 0.359. The molecule has 0 fully saturated rings. The summed E-state index contributed by atoms with van der Waals surface area (Å²) in [5.74, 6) is 0.807. The quantitative estimate of drug-likeness (QED) is 0.679. The average Bonchev–Trinajstić information content (AvgIpc) is 2.33. The van der Waals surface area contributed by atoms with Gasteiger partial charge < -0.3 is 14.8 Å². The summed E-state index contributed by atoms with van der Waals surface area (Å²) in [5.41, 5.74) is 0. The zero-order valence-corrected chi connectivity index (χ0v) is 9.98. The Morgan fingerprint density at radius 2 is 2.38 bits per heavy atom. The third-order valence-electron chi connectivity index (χ3n) is 2.07. The number of nitrogens with zero attached hydrogens (tertiary/aromatic N) is 1. The molecule has 4 heteroatoms. The number of hydrogen-bond acceptors (Lipinski definition) is 4. The molecule has 1 N–H and O–H groups in total. The Morgan fingerprint density at radius 3 is 3.06 bits per heavy atom. The Balaban J connectivity index is 2.03. The van der Waals surface area contributed by atoms with E-state index < -0.39 is 0 Å². The van der Waals surface area contributed by atoms with Crippen molar-refractivity contribution in [3.8, 4) is 5.75 Å². The van der Waals surface area contributed by atoms with Crippen LogP contribution in [0.5, 0.6) is 5.75 Å². The summed E-state index contributed by atoms with van der Waals surface area (Å²) in [7, 11) is 0. The predicted octanol–water partition coefficient (Wildman–Crippen LogP) is 1.47. The van der Waals surface area contributed by atoms with Crippen LogP contribution in [0.25, 0.3) is 0 Å². The van der Waals surface area contributed by atoms with Crippen molar-refractivity contribution in [2.75, 3.05) is 26.4 Å². The van der Waals surface area contributed by atoms with E-state index in [9.17, 15) is 0 Å². The molecule has 4 nitrogen and oxygen atoms in total. The lowest BCUT2D eigenvalue weighted by atomic mass is 10.3. The van der Waals surface area contributed by atoms with E-state index in [0.717, 1.165) is 25.5 Å². The number of nitrogens with one attached hydrogen (secondary N) is 1. The smallest absolute Gasteiger partial charge is 0.137 e. The van der Waals surface area contributed by atoms with E-state index in [2.05, 4.69) is 17.2 Å². The molecule has 0 aliphatic heterocycles. The highest BCUT2D eigenvalue weighted by atomic mass is 16.5. The number of hydrogen-bond donors (Lipinski definition) is 1. The highest BCUT2D eigenvalue weighted by Gasteiger charge is 2.00. The second-order valence-electron chi connectivity index (χ2n) is 3.55. The highest BCUT2D eigenvalue weighted by Crippen LogP contribution is 2.04. The van der Waals surface area contributed by atoms with E-state index in [4.69, 9.17) is 9.47 Å². The molecule has 1 rings (SSSR count). The van der Waals surface area contributed by atoms with E-state index in [1.807, 2.05) is 19.1 Å². The first kappa shape index (κ1) is 12.9.